The standard InChI is InChI=1S/C20H26N2O2.C18H22O2/c1-12(23)21-22-19-8-7-18-17-5-3-13-11-14(24)4-6-15(13)16(17)9-10-20(18,19)2;1-18-9-8-14-13-5-3-12(19)10-11(13)2-4-15(14)16(18)6-7-17(18)20/h4,6,11,16-18,24H,3,5,7-10H2,1-2H3,(H,21,23);3,5,10,14-16,19H,2,4,6-9H2,1H3/b22-19+;/t16?,17?,18?,20-;14?,15?,16?,18-/m00/s1. The van der Waals surface area contributed by atoms with Crippen LogP contribution in [-0.4, -0.2) is 27.6 Å². The van der Waals surface area contributed by atoms with Crippen molar-refractivity contribution in [1.82, 2.24) is 5.43 Å². The van der Waals surface area contributed by atoms with Crippen molar-refractivity contribution in [2.75, 3.05) is 0 Å². The van der Waals surface area contributed by atoms with Crippen molar-refractivity contribution in [3.8, 4) is 11.5 Å². The van der Waals surface area contributed by atoms with Gasteiger partial charge in [-0.2, -0.15) is 5.10 Å². The van der Waals surface area contributed by atoms with Gasteiger partial charge in [0.05, 0.1) is 0 Å². The van der Waals surface area contributed by atoms with Gasteiger partial charge in [0.1, 0.15) is 17.3 Å². The molecule has 0 spiro atoms. The number of Topliss-reactive ketones (excluding diaryl/α,β-unsaturated/α-hetero) is 1. The van der Waals surface area contributed by atoms with Crippen LogP contribution in [0.3, 0.4) is 0 Å². The summed E-state index contributed by atoms with van der Waals surface area (Å²) in [6, 6.07) is 11.8. The molecule has 3 N–H and O–H groups in total. The Balaban J connectivity index is 0.000000144. The van der Waals surface area contributed by atoms with Crippen LogP contribution in [0.2, 0.25) is 0 Å². The second-order valence-corrected chi connectivity index (χ2v) is 15.2. The monoisotopic (exact) mass is 596 g/mol. The van der Waals surface area contributed by atoms with Gasteiger partial charge in [-0.15, -0.1) is 0 Å². The third kappa shape index (κ3) is 4.79. The molecule has 44 heavy (non-hydrogen) atoms. The molecule has 6 heteroatoms. The molecule has 0 saturated heterocycles. The van der Waals surface area contributed by atoms with Crippen LogP contribution in [0, 0.1) is 34.5 Å². The Hall–Kier alpha value is -3.15. The third-order valence-corrected chi connectivity index (χ3v) is 13.2. The molecule has 8 rings (SSSR count). The highest BCUT2D eigenvalue weighted by atomic mass is 16.3. The molecule has 234 valence electrons. The molecular formula is C38H48N2O4. The van der Waals surface area contributed by atoms with Crippen LogP contribution < -0.4 is 5.43 Å². The van der Waals surface area contributed by atoms with Crippen molar-refractivity contribution in [2.45, 2.75) is 110 Å². The predicted octanol–water partition coefficient (Wildman–Crippen LogP) is 7.56. The minimum Gasteiger partial charge on any atom is -0.508 e. The normalized spacial score (nSPS) is 37.3. The number of fused-ring (bicyclic) bond motifs is 10. The summed E-state index contributed by atoms with van der Waals surface area (Å²) in [6.07, 6.45) is 13.1. The maximum atomic E-state index is 12.3. The van der Waals surface area contributed by atoms with Gasteiger partial charge in [0.25, 0.3) is 0 Å². The largest absolute Gasteiger partial charge is 0.508 e. The van der Waals surface area contributed by atoms with E-state index in [1.807, 2.05) is 24.3 Å². The average Bonchev–Trinajstić information content (AvgIpc) is 3.50. The first-order chi connectivity index (χ1) is 21.1. The maximum Gasteiger partial charge on any atom is 0.236 e. The highest BCUT2D eigenvalue weighted by Gasteiger charge is 2.55. The molecule has 0 radical (unpaired) electrons. The summed E-state index contributed by atoms with van der Waals surface area (Å²) in [4.78, 5) is 23.5. The highest BCUT2D eigenvalue weighted by molar-refractivity contribution is 5.93. The van der Waals surface area contributed by atoms with Gasteiger partial charge in [-0.3, -0.25) is 9.59 Å². The van der Waals surface area contributed by atoms with Crippen molar-refractivity contribution in [2.24, 2.45) is 39.6 Å². The van der Waals surface area contributed by atoms with Gasteiger partial charge in [-0.1, -0.05) is 26.0 Å². The van der Waals surface area contributed by atoms with E-state index in [9.17, 15) is 19.8 Å². The number of nitrogens with one attached hydrogen (secondary N) is 1. The van der Waals surface area contributed by atoms with E-state index < -0.39 is 0 Å². The number of benzene rings is 2. The first-order valence-corrected chi connectivity index (χ1v) is 17.1. The molecule has 6 unspecified atom stereocenters. The SMILES string of the molecule is CC(=O)N/N=C1\CCC2C3CCc4cc(O)ccc4C3CC[C@]12C.C[C@]12CCC3c4ccc(O)cc4CCC3C1CCC2=O. The van der Waals surface area contributed by atoms with Gasteiger partial charge in [-0.25, -0.2) is 5.43 Å². The van der Waals surface area contributed by atoms with Gasteiger partial charge in [0.15, 0.2) is 0 Å². The maximum absolute atomic E-state index is 12.3. The lowest BCUT2D eigenvalue weighted by Crippen LogP contribution is -2.43. The Morgan fingerprint density at radius 3 is 1.84 bits per heavy atom. The number of aryl methyl sites for hydroxylation is 2. The van der Waals surface area contributed by atoms with Gasteiger partial charge >= 0.3 is 0 Å². The summed E-state index contributed by atoms with van der Waals surface area (Å²) >= 11 is 0. The Morgan fingerprint density at radius 1 is 0.750 bits per heavy atom. The number of phenols is 2. The van der Waals surface area contributed by atoms with Crippen molar-refractivity contribution >= 4 is 17.4 Å². The van der Waals surface area contributed by atoms with E-state index in [1.165, 1.54) is 60.6 Å². The zero-order valence-corrected chi connectivity index (χ0v) is 26.6. The molecule has 6 aliphatic carbocycles. The van der Waals surface area contributed by atoms with Crippen LogP contribution in [0.25, 0.3) is 0 Å². The molecule has 4 fully saturated rings. The fourth-order valence-corrected chi connectivity index (χ4v) is 11.0. The number of rotatable bonds is 1. The first kappa shape index (κ1) is 29.6. The number of carbonyl (C=O) groups is 2. The number of aromatic hydroxyl groups is 2. The van der Waals surface area contributed by atoms with Gasteiger partial charge in [-0.05, 0) is 153 Å². The Bertz CT molecular complexity index is 1510. The van der Waals surface area contributed by atoms with Gasteiger partial charge < -0.3 is 10.2 Å². The van der Waals surface area contributed by atoms with E-state index in [-0.39, 0.29) is 16.7 Å². The van der Waals surface area contributed by atoms with E-state index in [2.05, 4.69) is 36.5 Å². The number of nitrogens with zero attached hydrogens (tertiary/aromatic N) is 1. The molecule has 8 atom stereocenters. The minimum atomic E-state index is -0.0883. The second kappa shape index (κ2) is 11.0. The molecule has 1 amide bonds. The number of carbonyl (C=O) groups excluding carboxylic acids is 2. The molecule has 6 aliphatic rings. The molecule has 2 aromatic carbocycles. The number of phenolic OH excluding ortho intramolecular Hbond substituents is 2. The molecule has 0 bridgehead atoms. The number of hydrogen-bond acceptors (Lipinski definition) is 5. The number of ketones is 1. The highest BCUT2D eigenvalue weighted by Crippen LogP contribution is 2.61. The fourth-order valence-electron chi connectivity index (χ4n) is 11.0. The first-order valence-electron chi connectivity index (χ1n) is 17.1. The molecule has 4 saturated carbocycles. The van der Waals surface area contributed by atoms with E-state index in [0.29, 0.717) is 52.8 Å². The number of hydrazone groups is 1. The molecule has 6 nitrogen and oxygen atoms in total. The third-order valence-electron chi connectivity index (χ3n) is 13.2. The fraction of sp³-hybridized carbons (Fsp3) is 0.605. The summed E-state index contributed by atoms with van der Waals surface area (Å²) in [6.45, 7) is 6.09. The average molecular weight is 597 g/mol. The van der Waals surface area contributed by atoms with Crippen molar-refractivity contribution in [1.29, 1.82) is 0 Å². The van der Waals surface area contributed by atoms with Crippen molar-refractivity contribution in [3.05, 3.63) is 58.7 Å². The smallest absolute Gasteiger partial charge is 0.236 e. The van der Waals surface area contributed by atoms with Crippen LogP contribution in [0.4, 0.5) is 0 Å². The van der Waals surface area contributed by atoms with Crippen LogP contribution in [-0.2, 0) is 22.4 Å². The zero-order valence-electron chi connectivity index (χ0n) is 26.6. The second-order valence-electron chi connectivity index (χ2n) is 15.2. The molecule has 0 heterocycles. The van der Waals surface area contributed by atoms with Crippen LogP contribution >= 0.6 is 0 Å². The summed E-state index contributed by atoms with van der Waals surface area (Å²) in [5.41, 5.74) is 9.53. The Kier molecular flexibility index (Phi) is 7.41. The lowest BCUT2D eigenvalue weighted by Gasteiger charge is -2.49. The lowest BCUT2D eigenvalue weighted by atomic mass is 9.55. The van der Waals surface area contributed by atoms with E-state index >= 15 is 0 Å². The molecule has 2 aromatic rings. The number of hydrogen-bond donors (Lipinski definition) is 3. The lowest BCUT2D eigenvalue weighted by molar-refractivity contribution is -0.129. The van der Waals surface area contributed by atoms with E-state index in [4.69, 9.17) is 0 Å². The van der Waals surface area contributed by atoms with Gasteiger partial charge in [0.2, 0.25) is 5.91 Å². The van der Waals surface area contributed by atoms with E-state index in [0.717, 1.165) is 51.4 Å². The summed E-state index contributed by atoms with van der Waals surface area (Å²) in [5, 5.41) is 23.9. The van der Waals surface area contributed by atoms with E-state index in [1.54, 1.807) is 0 Å². The minimum absolute atomic E-state index is 0.0322. The van der Waals surface area contributed by atoms with Crippen LogP contribution in [0.1, 0.15) is 119 Å². The molecular weight excluding hydrogens is 548 g/mol. The summed E-state index contributed by atoms with van der Waals surface area (Å²) < 4.78 is 0. The predicted molar refractivity (Wildman–Crippen MR) is 172 cm³/mol. The van der Waals surface area contributed by atoms with Crippen LogP contribution in [0.5, 0.6) is 11.5 Å². The zero-order chi connectivity index (χ0) is 30.8. The summed E-state index contributed by atoms with van der Waals surface area (Å²) in [5.74, 6) is 5.06. The van der Waals surface area contributed by atoms with Crippen LogP contribution in [0.15, 0.2) is 41.5 Å². The van der Waals surface area contributed by atoms with Gasteiger partial charge in [0, 0.05) is 29.9 Å². The topological polar surface area (TPSA) is 99.0 Å². The van der Waals surface area contributed by atoms with Crippen molar-refractivity contribution < 1.29 is 19.8 Å². The molecule has 0 aromatic heterocycles. The Labute approximate surface area is 261 Å². The summed E-state index contributed by atoms with van der Waals surface area (Å²) in [7, 11) is 0. The Morgan fingerprint density at radius 2 is 1.27 bits per heavy atom. The molecule has 0 aliphatic heterocycles. The van der Waals surface area contributed by atoms with Crippen molar-refractivity contribution in [3.63, 3.8) is 0 Å². The quantitative estimate of drug-likeness (QED) is 0.296. The number of amides is 1.